The van der Waals surface area contributed by atoms with Gasteiger partial charge < -0.3 is 9.88 Å². The molecule has 7 nitrogen and oxygen atoms in total. The molecule has 1 amide bonds. The summed E-state index contributed by atoms with van der Waals surface area (Å²) in [7, 11) is 0. The van der Waals surface area contributed by atoms with Crippen molar-refractivity contribution in [2.24, 2.45) is 0 Å². The largest absolute Gasteiger partial charge is 0.348 e. The van der Waals surface area contributed by atoms with Crippen LogP contribution >= 0.6 is 0 Å². The normalized spacial score (nSPS) is 11.1. The molecule has 0 aliphatic carbocycles. The van der Waals surface area contributed by atoms with Crippen LogP contribution in [0.4, 0.5) is 0 Å². The lowest BCUT2D eigenvalue weighted by Gasteiger charge is -2.11. The summed E-state index contributed by atoms with van der Waals surface area (Å²) in [6.07, 6.45) is 0. The Labute approximate surface area is 186 Å². The molecule has 1 N–H and O–H groups in total. The number of nitrogens with one attached hydrogen (secondary N) is 1. The second-order valence-electron chi connectivity index (χ2n) is 7.93. The second-order valence-corrected chi connectivity index (χ2v) is 7.93. The van der Waals surface area contributed by atoms with Crippen molar-refractivity contribution in [3.05, 3.63) is 92.7 Å². The molecule has 4 aromatic rings. The first-order chi connectivity index (χ1) is 15.4. The first-order valence-corrected chi connectivity index (χ1v) is 10.7. The van der Waals surface area contributed by atoms with Crippen molar-refractivity contribution in [2.75, 3.05) is 0 Å². The second kappa shape index (κ2) is 8.78. The Morgan fingerprint density at radius 3 is 2.50 bits per heavy atom. The molecule has 164 valence electrons. The zero-order valence-corrected chi connectivity index (χ0v) is 18.8. The smallest absolute Gasteiger partial charge is 0.272 e. The summed E-state index contributed by atoms with van der Waals surface area (Å²) in [4.78, 5) is 29.5. The van der Waals surface area contributed by atoms with Crippen LogP contribution in [-0.4, -0.2) is 25.2 Å². The molecule has 0 spiro atoms. The Kier molecular flexibility index (Phi) is 5.90. The van der Waals surface area contributed by atoms with Crippen molar-refractivity contribution in [3.63, 3.8) is 0 Å². The third kappa shape index (κ3) is 4.06. The van der Waals surface area contributed by atoms with Crippen molar-refractivity contribution in [1.82, 2.24) is 24.6 Å². The first kappa shape index (κ1) is 21.5. The minimum atomic E-state index is -0.185. The molecule has 4 rings (SSSR count). The van der Waals surface area contributed by atoms with Gasteiger partial charge in [0.1, 0.15) is 5.69 Å². The van der Waals surface area contributed by atoms with Crippen molar-refractivity contribution in [2.45, 2.75) is 47.3 Å². The number of hydrogen-bond acceptors (Lipinski definition) is 4. The summed E-state index contributed by atoms with van der Waals surface area (Å²) < 4.78 is 3.64. The summed E-state index contributed by atoms with van der Waals surface area (Å²) >= 11 is 0. The van der Waals surface area contributed by atoms with Crippen LogP contribution < -0.4 is 10.9 Å². The van der Waals surface area contributed by atoms with Crippen LogP contribution in [0.2, 0.25) is 0 Å². The molecule has 0 atom stereocenters. The molecule has 0 bridgehead atoms. The van der Waals surface area contributed by atoms with E-state index in [1.165, 1.54) is 5.56 Å². The molecule has 2 aromatic heterocycles. The Morgan fingerprint density at radius 1 is 1.03 bits per heavy atom. The van der Waals surface area contributed by atoms with E-state index in [9.17, 15) is 9.59 Å². The summed E-state index contributed by atoms with van der Waals surface area (Å²) in [5, 5.41) is 7.66. The van der Waals surface area contributed by atoms with Crippen molar-refractivity contribution < 1.29 is 4.79 Å². The molecule has 2 heterocycles. The predicted octanol–water partition coefficient (Wildman–Crippen LogP) is 3.52. The van der Waals surface area contributed by atoms with E-state index in [1.807, 2.05) is 43.7 Å². The number of benzene rings is 2. The average molecular weight is 430 g/mol. The van der Waals surface area contributed by atoms with Crippen LogP contribution in [0, 0.1) is 20.8 Å². The monoisotopic (exact) mass is 429 g/mol. The number of aromatic nitrogens is 4. The van der Waals surface area contributed by atoms with Crippen LogP contribution in [0.15, 0.2) is 53.3 Å². The molecule has 0 saturated heterocycles. The fourth-order valence-corrected chi connectivity index (χ4v) is 4.00. The molecule has 0 unspecified atom stereocenters. The molecule has 0 saturated carbocycles. The van der Waals surface area contributed by atoms with E-state index in [-0.39, 0.29) is 11.5 Å². The van der Waals surface area contributed by atoms with Crippen molar-refractivity contribution in [1.29, 1.82) is 0 Å². The maximum atomic E-state index is 12.9. The topological polar surface area (TPSA) is 81.8 Å². The molecule has 7 heteroatoms. The van der Waals surface area contributed by atoms with Crippen LogP contribution in [0.25, 0.3) is 11.0 Å². The lowest BCUT2D eigenvalue weighted by atomic mass is 10.1. The Morgan fingerprint density at radius 2 is 1.78 bits per heavy atom. The van der Waals surface area contributed by atoms with Gasteiger partial charge in [-0.1, -0.05) is 30.3 Å². The van der Waals surface area contributed by atoms with Crippen LogP contribution in [0.5, 0.6) is 0 Å². The van der Waals surface area contributed by atoms with Gasteiger partial charge in [-0.15, -0.1) is 0 Å². The standard InChI is InChI=1S/C25H27N5O2/c1-5-29-23-12-11-20(13-22(23)27-17(3)25(29)32)24(31)26-14-21-16(2)28-30(18(21)4)15-19-9-7-6-8-10-19/h6-13H,5,14-15H2,1-4H3,(H,26,31). The number of carbonyl (C=O) groups excluding carboxylic acids is 1. The average Bonchev–Trinajstić information content (AvgIpc) is 3.05. The maximum Gasteiger partial charge on any atom is 0.272 e. The first-order valence-electron chi connectivity index (χ1n) is 10.7. The quantitative estimate of drug-likeness (QED) is 0.508. The maximum absolute atomic E-state index is 12.9. The lowest BCUT2D eigenvalue weighted by molar-refractivity contribution is 0.0951. The van der Waals surface area contributed by atoms with Gasteiger partial charge in [-0.3, -0.25) is 14.3 Å². The van der Waals surface area contributed by atoms with Crippen molar-refractivity contribution in [3.8, 4) is 0 Å². The highest BCUT2D eigenvalue weighted by Crippen LogP contribution is 2.16. The fraction of sp³-hybridized carbons (Fsp3) is 0.280. The summed E-state index contributed by atoms with van der Waals surface area (Å²) in [6.45, 7) is 9.24. The zero-order valence-electron chi connectivity index (χ0n) is 18.8. The van der Waals surface area contributed by atoms with Crippen LogP contribution in [0.3, 0.4) is 0 Å². The number of rotatable bonds is 6. The van der Waals surface area contributed by atoms with Gasteiger partial charge in [0.25, 0.3) is 11.5 Å². The van der Waals surface area contributed by atoms with Gasteiger partial charge in [0.2, 0.25) is 0 Å². The minimum Gasteiger partial charge on any atom is -0.348 e. The van der Waals surface area contributed by atoms with Gasteiger partial charge in [0, 0.05) is 29.9 Å². The fourth-order valence-electron chi connectivity index (χ4n) is 4.00. The van der Waals surface area contributed by atoms with E-state index in [4.69, 9.17) is 0 Å². The van der Waals surface area contributed by atoms with E-state index in [0.717, 1.165) is 22.5 Å². The summed E-state index contributed by atoms with van der Waals surface area (Å²) in [6, 6.07) is 15.4. The van der Waals surface area contributed by atoms with Crippen LogP contribution in [0.1, 0.15) is 45.5 Å². The third-order valence-electron chi connectivity index (χ3n) is 5.82. The van der Waals surface area contributed by atoms with Crippen LogP contribution in [-0.2, 0) is 19.6 Å². The van der Waals surface area contributed by atoms with Gasteiger partial charge >= 0.3 is 0 Å². The number of carbonyl (C=O) groups is 1. The number of aryl methyl sites for hydroxylation is 3. The molecular weight excluding hydrogens is 402 g/mol. The highest BCUT2D eigenvalue weighted by atomic mass is 16.1. The van der Waals surface area contributed by atoms with Gasteiger partial charge in [0.15, 0.2) is 0 Å². The van der Waals surface area contributed by atoms with E-state index in [0.29, 0.717) is 36.4 Å². The number of nitrogens with zero attached hydrogens (tertiary/aromatic N) is 4. The SMILES string of the molecule is CCn1c(=O)c(C)nc2cc(C(=O)NCc3c(C)nn(Cc4ccccc4)c3C)ccc21. The lowest BCUT2D eigenvalue weighted by Crippen LogP contribution is -2.25. The molecule has 0 aliphatic rings. The zero-order chi connectivity index (χ0) is 22.8. The molecule has 2 aromatic carbocycles. The Bertz CT molecular complexity index is 1350. The molecule has 0 fully saturated rings. The molecular formula is C25H27N5O2. The Hall–Kier alpha value is -3.74. The highest BCUT2D eigenvalue weighted by Gasteiger charge is 2.15. The van der Waals surface area contributed by atoms with E-state index >= 15 is 0 Å². The van der Waals surface area contributed by atoms with E-state index in [2.05, 4.69) is 27.5 Å². The van der Waals surface area contributed by atoms with E-state index in [1.54, 1.807) is 29.7 Å². The molecule has 32 heavy (non-hydrogen) atoms. The van der Waals surface area contributed by atoms with Gasteiger partial charge in [-0.05, 0) is 51.5 Å². The van der Waals surface area contributed by atoms with Gasteiger partial charge in [-0.2, -0.15) is 5.10 Å². The number of hydrogen-bond donors (Lipinski definition) is 1. The third-order valence-corrected chi connectivity index (χ3v) is 5.82. The van der Waals surface area contributed by atoms with Gasteiger partial charge in [-0.25, -0.2) is 4.98 Å². The Balaban J connectivity index is 1.53. The van der Waals surface area contributed by atoms with Gasteiger partial charge in [0.05, 0.1) is 23.3 Å². The minimum absolute atomic E-state index is 0.101. The molecule has 0 radical (unpaired) electrons. The van der Waals surface area contributed by atoms with E-state index < -0.39 is 0 Å². The summed E-state index contributed by atoms with van der Waals surface area (Å²) in [5.41, 5.74) is 6.34. The van der Waals surface area contributed by atoms with Crippen molar-refractivity contribution >= 4 is 16.9 Å². The summed E-state index contributed by atoms with van der Waals surface area (Å²) in [5.74, 6) is -0.185. The highest BCUT2D eigenvalue weighted by molar-refractivity contribution is 5.97. The molecule has 0 aliphatic heterocycles. The predicted molar refractivity (Wildman–Crippen MR) is 125 cm³/mol. The number of amides is 1. The number of fused-ring (bicyclic) bond motifs is 1.